The molecule has 5 heteroatoms. The highest BCUT2D eigenvalue weighted by molar-refractivity contribution is 7.11. The SMILES string of the molecule is CCOc1ccc(-c2csc(/C(C#N)=C\Nc3ccc(C)c(C)c3)n2)cc1. The molecule has 0 bridgehead atoms. The normalized spacial score (nSPS) is 11.1. The molecule has 0 atom stereocenters. The molecule has 1 N–H and O–H groups in total. The molecule has 0 fully saturated rings. The van der Waals surface area contributed by atoms with Gasteiger partial charge in [0.1, 0.15) is 22.4 Å². The molecule has 0 aliphatic carbocycles. The Morgan fingerprint density at radius 3 is 2.63 bits per heavy atom. The molecule has 0 aliphatic heterocycles. The number of anilines is 1. The van der Waals surface area contributed by atoms with Gasteiger partial charge >= 0.3 is 0 Å². The summed E-state index contributed by atoms with van der Waals surface area (Å²) in [6.07, 6.45) is 1.71. The van der Waals surface area contributed by atoms with Crippen molar-refractivity contribution in [2.45, 2.75) is 20.8 Å². The van der Waals surface area contributed by atoms with Gasteiger partial charge in [0, 0.05) is 22.8 Å². The maximum absolute atomic E-state index is 9.52. The average molecular weight is 375 g/mol. The van der Waals surface area contributed by atoms with Gasteiger partial charge in [-0.15, -0.1) is 11.3 Å². The summed E-state index contributed by atoms with van der Waals surface area (Å²) in [5.74, 6) is 0.840. The molecule has 3 rings (SSSR count). The van der Waals surface area contributed by atoms with Crippen LogP contribution < -0.4 is 10.1 Å². The number of rotatable bonds is 6. The second kappa shape index (κ2) is 8.52. The molecule has 0 radical (unpaired) electrons. The lowest BCUT2D eigenvalue weighted by Gasteiger charge is -2.05. The van der Waals surface area contributed by atoms with Crippen LogP contribution >= 0.6 is 11.3 Å². The molecule has 0 unspecified atom stereocenters. The lowest BCUT2D eigenvalue weighted by atomic mass is 10.1. The first-order chi connectivity index (χ1) is 13.1. The predicted octanol–water partition coefficient (Wildman–Crippen LogP) is 5.80. The van der Waals surface area contributed by atoms with E-state index in [1.54, 1.807) is 6.20 Å². The van der Waals surface area contributed by atoms with Gasteiger partial charge in [0.2, 0.25) is 0 Å². The van der Waals surface area contributed by atoms with Crippen LogP contribution in [0.15, 0.2) is 54.0 Å². The zero-order valence-electron chi connectivity index (χ0n) is 15.6. The van der Waals surface area contributed by atoms with E-state index >= 15 is 0 Å². The van der Waals surface area contributed by atoms with Gasteiger partial charge in [0.05, 0.1) is 12.3 Å². The Hall–Kier alpha value is -3.10. The molecule has 27 heavy (non-hydrogen) atoms. The molecule has 0 aliphatic rings. The van der Waals surface area contributed by atoms with E-state index in [0.717, 1.165) is 22.7 Å². The highest BCUT2D eigenvalue weighted by atomic mass is 32.1. The fraction of sp³-hybridized carbons (Fsp3) is 0.182. The lowest BCUT2D eigenvalue weighted by Crippen LogP contribution is -1.92. The molecule has 0 saturated heterocycles. The van der Waals surface area contributed by atoms with Gasteiger partial charge in [-0.25, -0.2) is 4.98 Å². The van der Waals surface area contributed by atoms with E-state index in [9.17, 15) is 5.26 Å². The maximum atomic E-state index is 9.52. The number of nitrogens with one attached hydrogen (secondary N) is 1. The lowest BCUT2D eigenvalue weighted by molar-refractivity contribution is 0.340. The third-order valence-corrected chi connectivity index (χ3v) is 5.08. The van der Waals surface area contributed by atoms with Crippen LogP contribution in [0.25, 0.3) is 16.8 Å². The highest BCUT2D eigenvalue weighted by Crippen LogP contribution is 2.27. The summed E-state index contributed by atoms with van der Waals surface area (Å²) < 4.78 is 5.47. The first-order valence-corrected chi connectivity index (χ1v) is 9.62. The van der Waals surface area contributed by atoms with E-state index in [1.165, 1.54) is 22.5 Å². The smallest absolute Gasteiger partial charge is 0.136 e. The minimum Gasteiger partial charge on any atom is -0.494 e. The molecule has 136 valence electrons. The van der Waals surface area contributed by atoms with Crippen molar-refractivity contribution >= 4 is 22.6 Å². The molecule has 3 aromatic rings. The number of benzene rings is 2. The Balaban J connectivity index is 1.78. The van der Waals surface area contributed by atoms with Crippen molar-refractivity contribution in [2.75, 3.05) is 11.9 Å². The molecular weight excluding hydrogens is 354 g/mol. The molecule has 0 amide bonds. The molecule has 4 nitrogen and oxygen atoms in total. The van der Waals surface area contributed by atoms with Gasteiger partial charge in [0.15, 0.2) is 0 Å². The molecular formula is C22H21N3OS. The fourth-order valence-corrected chi connectivity index (χ4v) is 3.34. The van der Waals surface area contributed by atoms with Crippen LogP contribution in [0.4, 0.5) is 5.69 Å². The summed E-state index contributed by atoms with van der Waals surface area (Å²) >= 11 is 1.46. The minimum atomic E-state index is 0.510. The topological polar surface area (TPSA) is 57.9 Å². The van der Waals surface area contributed by atoms with Crippen LogP contribution in [-0.4, -0.2) is 11.6 Å². The third-order valence-electron chi connectivity index (χ3n) is 4.21. The number of aryl methyl sites for hydroxylation is 2. The van der Waals surface area contributed by atoms with Crippen molar-refractivity contribution in [3.05, 3.63) is 70.2 Å². The molecule has 0 saturated carbocycles. The predicted molar refractivity (Wildman–Crippen MR) is 112 cm³/mol. The quantitative estimate of drug-likeness (QED) is 0.553. The van der Waals surface area contributed by atoms with Gasteiger partial charge in [0.25, 0.3) is 0 Å². The monoisotopic (exact) mass is 375 g/mol. The Kier molecular flexibility index (Phi) is 5.90. The van der Waals surface area contributed by atoms with Gasteiger partial charge in [-0.1, -0.05) is 6.07 Å². The third kappa shape index (κ3) is 4.55. The fourth-order valence-electron chi connectivity index (χ4n) is 2.55. The van der Waals surface area contributed by atoms with Crippen LogP contribution in [0.5, 0.6) is 5.75 Å². The van der Waals surface area contributed by atoms with Gasteiger partial charge in [-0.3, -0.25) is 0 Å². The van der Waals surface area contributed by atoms with E-state index in [-0.39, 0.29) is 0 Å². The summed E-state index contributed by atoms with van der Waals surface area (Å²) in [7, 11) is 0. The number of nitrogens with zero attached hydrogens (tertiary/aromatic N) is 2. The second-order valence-electron chi connectivity index (χ2n) is 6.11. The van der Waals surface area contributed by atoms with Crippen LogP contribution in [0.2, 0.25) is 0 Å². The Labute approximate surface area is 163 Å². The largest absolute Gasteiger partial charge is 0.494 e. The van der Waals surface area contributed by atoms with Crippen LogP contribution in [0.3, 0.4) is 0 Å². The van der Waals surface area contributed by atoms with E-state index in [0.29, 0.717) is 17.2 Å². The Morgan fingerprint density at radius 1 is 1.19 bits per heavy atom. The van der Waals surface area contributed by atoms with Crippen molar-refractivity contribution in [3.63, 3.8) is 0 Å². The van der Waals surface area contributed by atoms with Crippen molar-refractivity contribution in [2.24, 2.45) is 0 Å². The zero-order chi connectivity index (χ0) is 19.2. The summed E-state index contributed by atoms with van der Waals surface area (Å²) in [4.78, 5) is 4.62. The standard InChI is InChI=1S/C22H21N3OS/c1-4-26-20-9-6-17(7-10-20)21-14-27-22(25-21)18(12-23)13-24-19-8-5-15(2)16(3)11-19/h5-11,13-14,24H,4H2,1-3H3/b18-13-. The maximum Gasteiger partial charge on any atom is 0.136 e. The van der Waals surface area contributed by atoms with E-state index < -0.39 is 0 Å². The van der Waals surface area contributed by atoms with Crippen LogP contribution in [-0.2, 0) is 0 Å². The van der Waals surface area contributed by atoms with E-state index in [1.807, 2.05) is 42.6 Å². The number of hydrogen-bond donors (Lipinski definition) is 1. The zero-order valence-corrected chi connectivity index (χ0v) is 16.4. The summed E-state index contributed by atoms with van der Waals surface area (Å²) in [6, 6.07) is 16.2. The summed E-state index contributed by atoms with van der Waals surface area (Å²) in [5.41, 5.74) is 5.76. The number of aromatic nitrogens is 1. The minimum absolute atomic E-state index is 0.510. The average Bonchev–Trinajstić information content (AvgIpc) is 3.16. The Bertz CT molecular complexity index is 997. The first kappa shape index (κ1) is 18.7. The number of ether oxygens (including phenoxy) is 1. The Morgan fingerprint density at radius 2 is 1.96 bits per heavy atom. The van der Waals surface area contributed by atoms with Crippen molar-refractivity contribution < 1.29 is 4.74 Å². The van der Waals surface area contributed by atoms with Crippen molar-refractivity contribution in [1.29, 1.82) is 5.26 Å². The van der Waals surface area contributed by atoms with Crippen LogP contribution in [0.1, 0.15) is 23.1 Å². The number of nitriles is 1. The van der Waals surface area contributed by atoms with E-state index in [4.69, 9.17) is 4.74 Å². The van der Waals surface area contributed by atoms with E-state index in [2.05, 4.69) is 42.4 Å². The first-order valence-electron chi connectivity index (χ1n) is 8.74. The molecule has 1 heterocycles. The summed E-state index contributed by atoms with van der Waals surface area (Å²) in [6.45, 7) is 6.75. The summed E-state index contributed by atoms with van der Waals surface area (Å²) in [5, 5.41) is 15.4. The van der Waals surface area contributed by atoms with Gasteiger partial charge < -0.3 is 10.1 Å². The van der Waals surface area contributed by atoms with Crippen molar-refractivity contribution in [1.82, 2.24) is 4.98 Å². The van der Waals surface area contributed by atoms with Gasteiger partial charge in [-0.2, -0.15) is 5.26 Å². The number of hydrogen-bond acceptors (Lipinski definition) is 5. The number of thiazole rings is 1. The molecule has 1 aromatic heterocycles. The molecule has 2 aromatic carbocycles. The second-order valence-corrected chi connectivity index (χ2v) is 6.97. The number of allylic oxidation sites excluding steroid dienone is 1. The van der Waals surface area contributed by atoms with Crippen LogP contribution in [0, 0.1) is 25.2 Å². The van der Waals surface area contributed by atoms with Gasteiger partial charge in [-0.05, 0) is 68.3 Å². The molecule has 0 spiro atoms. The van der Waals surface area contributed by atoms with Crippen molar-refractivity contribution in [3.8, 4) is 23.1 Å². The highest BCUT2D eigenvalue weighted by Gasteiger charge is 2.09.